The fourth-order valence-electron chi connectivity index (χ4n) is 3.99. The maximum atomic E-state index is 13.5. The minimum absolute atomic E-state index is 0.145. The van der Waals surface area contributed by atoms with Crippen LogP contribution in [-0.4, -0.2) is 9.38 Å². The lowest BCUT2D eigenvalue weighted by atomic mass is 10.1. The first-order valence-corrected chi connectivity index (χ1v) is 11.5. The highest BCUT2D eigenvalue weighted by molar-refractivity contribution is 7.15. The number of fused-ring (bicyclic) bond motifs is 1. The Morgan fingerprint density at radius 3 is 2.18 bits per heavy atom. The highest BCUT2D eigenvalue weighted by Crippen LogP contribution is 2.32. The van der Waals surface area contributed by atoms with Crippen molar-refractivity contribution >= 4 is 22.4 Å². The minimum atomic E-state index is -0.302. The first-order chi connectivity index (χ1) is 16.7. The van der Waals surface area contributed by atoms with E-state index in [0.717, 1.165) is 28.1 Å². The predicted octanol–water partition coefficient (Wildman–Crippen LogP) is 6.04. The zero-order valence-electron chi connectivity index (χ0n) is 17.8. The second-order valence-electron chi connectivity index (χ2n) is 7.78. The summed E-state index contributed by atoms with van der Waals surface area (Å²) in [5.74, 6) is 0.853. The molecule has 0 atom stereocenters. The Morgan fingerprint density at radius 2 is 1.47 bits per heavy atom. The number of hydrogen-bond donors (Lipinski definition) is 0. The third kappa shape index (κ3) is 3.54. The van der Waals surface area contributed by atoms with E-state index in [4.69, 9.17) is 9.40 Å². The van der Waals surface area contributed by atoms with Crippen LogP contribution in [-0.2, 0) is 0 Å². The van der Waals surface area contributed by atoms with Crippen molar-refractivity contribution in [3.63, 3.8) is 0 Å². The van der Waals surface area contributed by atoms with Crippen molar-refractivity contribution in [3.05, 3.63) is 124 Å². The van der Waals surface area contributed by atoms with Gasteiger partial charge in [-0.1, -0.05) is 72.0 Å². The van der Waals surface area contributed by atoms with Gasteiger partial charge in [-0.15, -0.1) is 0 Å². The molecule has 3 aromatic carbocycles. The third-order valence-corrected chi connectivity index (χ3v) is 6.55. The van der Waals surface area contributed by atoms with E-state index in [1.165, 1.54) is 23.5 Å². The Kier molecular flexibility index (Phi) is 4.93. The lowest BCUT2D eigenvalue weighted by Gasteiger charge is -2.04. The fraction of sp³-hybridized carbons (Fsp3) is 0. The molecule has 3 aromatic heterocycles. The maximum absolute atomic E-state index is 13.5. The lowest BCUT2D eigenvalue weighted by molar-refractivity contribution is 0.571. The molecule has 0 aliphatic rings. The molecule has 4 nitrogen and oxygen atoms in total. The van der Waals surface area contributed by atoms with E-state index in [9.17, 15) is 9.18 Å². The van der Waals surface area contributed by atoms with Crippen LogP contribution in [0.25, 0.3) is 44.9 Å². The number of aromatic nitrogens is 2. The van der Waals surface area contributed by atoms with Gasteiger partial charge in [0.15, 0.2) is 4.96 Å². The summed E-state index contributed by atoms with van der Waals surface area (Å²) in [5.41, 5.74) is 4.05. The number of furan rings is 1. The smallest absolute Gasteiger partial charge is 0.275 e. The number of halogens is 1. The molecule has 0 bridgehead atoms. The normalized spacial score (nSPS) is 12.0. The van der Waals surface area contributed by atoms with Crippen molar-refractivity contribution < 1.29 is 8.81 Å². The van der Waals surface area contributed by atoms with Crippen molar-refractivity contribution in [1.82, 2.24) is 9.38 Å². The molecule has 0 N–H and O–H groups in total. The molecule has 6 rings (SSSR count). The monoisotopic (exact) mass is 464 g/mol. The number of nitrogens with zero attached hydrogens (tertiary/aromatic N) is 2. The van der Waals surface area contributed by atoms with Gasteiger partial charge in [0.1, 0.15) is 21.9 Å². The number of rotatable bonds is 4. The largest absolute Gasteiger partial charge is 0.457 e. The fourth-order valence-corrected chi connectivity index (χ4v) is 4.94. The second kappa shape index (κ2) is 8.24. The second-order valence-corrected chi connectivity index (χ2v) is 8.79. The van der Waals surface area contributed by atoms with E-state index in [1.807, 2.05) is 66.7 Å². The van der Waals surface area contributed by atoms with Gasteiger partial charge in [-0.2, -0.15) is 0 Å². The van der Waals surface area contributed by atoms with Crippen LogP contribution in [0.15, 0.2) is 106 Å². The number of imidazole rings is 1. The molecule has 164 valence electrons. The van der Waals surface area contributed by atoms with Gasteiger partial charge in [-0.25, -0.2) is 13.8 Å². The van der Waals surface area contributed by atoms with Gasteiger partial charge in [0.25, 0.3) is 5.56 Å². The van der Waals surface area contributed by atoms with Crippen molar-refractivity contribution in [2.24, 2.45) is 0 Å². The Bertz CT molecular complexity index is 1720. The number of thiazole rings is 1. The molecule has 34 heavy (non-hydrogen) atoms. The van der Waals surface area contributed by atoms with E-state index >= 15 is 0 Å². The average Bonchev–Trinajstić information content (AvgIpc) is 3.57. The quantitative estimate of drug-likeness (QED) is 0.320. The van der Waals surface area contributed by atoms with Crippen LogP contribution in [0.4, 0.5) is 4.39 Å². The molecule has 0 unspecified atom stereocenters. The summed E-state index contributed by atoms with van der Waals surface area (Å²) in [6.45, 7) is 0. The third-order valence-electron chi connectivity index (χ3n) is 5.59. The number of hydrogen-bond acceptors (Lipinski definition) is 4. The molecule has 0 radical (unpaired) electrons. The van der Waals surface area contributed by atoms with Crippen molar-refractivity contribution in [2.45, 2.75) is 0 Å². The van der Waals surface area contributed by atoms with E-state index in [2.05, 4.69) is 0 Å². The predicted molar refractivity (Wildman–Crippen MR) is 133 cm³/mol. The van der Waals surface area contributed by atoms with Crippen LogP contribution in [0.2, 0.25) is 0 Å². The van der Waals surface area contributed by atoms with Crippen molar-refractivity contribution in [3.8, 4) is 33.8 Å². The Hall–Kier alpha value is -4.29. The van der Waals surface area contributed by atoms with Crippen LogP contribution in [0, 0.1) is 5.82 Å². The lowest BCUT2D eigenvalue weighted by Crippen LogP contribution is -2.23. The molecule has 0 spiro atoms. The molecule has 0 fully saturated rings. The van der Waals surface area contributed by atoms with Gasteiger partial charge in [0.2, 0.25) is 0 Å². The van der Waals surface area contributed by atoms with E-state index in [-0.39, 0.29) is 11.4 Å². The summed E-state index contributed by atoms with van der Waals surface area (Å²) < 4.78 is 21.3. The first-order valence-electron chi connectivity index (χ1n) is 10.7. The summed E-state index contributed by atoms with van der Waals surface area (Å²) in [6.07, 6.45) is 1.73. The highest BCUT2D eigenvalue weighted by atomic mass is 32.1. The topological polar surface area (TPSA) is 47.5 Å². The van der Waals surface area contributed by atoms with Crippen LogP contribution in [0.1, 0.15) is 5.76 Å². The summed E-state index contributed by atoms with van der Waals surface area (Å²) in [5, 5.41) is 0. The molecule has 0 saturated heterocycles. The molecular weight excluding hydrogens is 447 g/mol. The van der Waals surface area contributed by atoms with Crippen LogP contribution in [0.5, 0.6) is 0 Å². The molecule has 0 aliphatic carbocycles. The Balaban J connectivity index is 1.50. The molecule has 3 heterocycles. The van der Waals surface area contributed by atoms with E-state index in [1.54, 1.807) is 28.7 Å². The van der Waals surface area contributed by atoms with Gasteiger partial charge in [-0.05, 0) is 36.4 Å². The first kappa shape index (κ1) is 20.3. The van der Waals surface area contributed by atoms with Gasteiger partial charge < -0.3 is 4.42 Å². The SMILES string of the molecule is O=c1/c(=C/c2ccc(-c3ccc(F)cc3)o2)sc2nc(-c3ccccc3)c(-c3ccccc3)n12. The van der Waals surface area contributed by atoms with Crippen LogP contribution in [0.3, 0.4) is 0 Å². The molecular formula is C28H17FN2O2S. The summed E-state index contributed by atoms with van der Waals surface area (Å²) in [6, 6.07) is 29.4. The summed E-state index contributed by atoms with van der Waals surface area (Å²) in [7, 11) is 0. The molecule has 6 heteroatoms. The summed E-state index contributed by atoms with van der Waals surface area (Å²) >= 11 is 1.32. The van der Waals surface area contributed by atoms with Crippen LogP contribution < -0.4 is 10.1 Å². The van der Waals surface area contributed by atoms with Gasteiger partial charge >= 0.3 is 0 Å². The maximum Gasteiger partial charge on any atom is 0.275 e. The van der Waals surface area contributed by atoms with Gasteiger partial charge in [-0.3, -0.25) is 4.79 Å². The molecule has 0 saturated carbocycles. The number of benzene rings is 3. The van der Waals surface area contributed by atoms with E-state index in [0.29, 0.717) is 21.0 Å². The molecule has 6 aromatic rings. The summed E-state index contributed by atoms with van der Waals surface area (Å²) in [4.78, 5) is 19.0. The minimum Gasteiger partial charge on any atom is -0.457 e. The van der Waals surface area contributed by atoms with Crippen LogP contribution >= 0.6 is 11.3 Å². The van der Waals surface area contributed by atoms with Gasteiger partial charge in [0, 0.05) is 22.8 Å². The van der Waals surface area contributed by atoms with Gasteiger partial charge in [0.05, 0.1) is 11.4 Å². The standard InChI is InChI=1S/C28H17FN2O2S/c29-21-13-11-18(12-14-21)23-16-15-22(33-23)17-24-27(32)31-26(20-9-5-2-6-10-20)25(30-28(31)34-24)19-7-3-1-4-8-19/h1-17H/b24-17-. The zero-order valence-corrected chi connectivity index (χ0v) is 18.6. The van der Waals surface area contributed by atoms with E-state index < -0.39 is 0 Å². The Labute approximate surface area is 197 Å². The Morgan fingerprint density at radius 1 is 0.794 bits per heavy atom. The van der Waals surface area contributed by atoms with Crippen molar-refractivity contribution in [1.29, 1.82) is 0 Å². The average molecular weight is 465 g/mol. The zero-order chi connectivity index (χ0) is 23.1. The van der Waals surface area contributed by atoms with Crippen molar-refractivity contribution in [2.75, 3.05) is 0 Å². The highest BCUT2D eigenvalue weighted by Gasteiger charge is 2.20. The molecule has 0 amide bonds. The molecule has 0 aliphatic heterocycles.